The van der Waals surface area contributed by atoms with Crippen molar-refractivity contribution in [2.24, 2.45) is 0 Å². The molecular formula is C27H27F3N2O4S. The Bertz CT molecular complexity index is 1410. The second kappa shape index (κ2) is 10.5. The highest BCUT2D eigenvalue weighted by Crippen LogP contribution is 2.36. The molecule has 0 aliphatic heterocycles. The SMILES string of the molecule is CCC(Oc1cc2onc(CCc3sc(-c4ccc(C(F)(F)F)cc4)nc3C(C)C)c2cc1C)C(=O)O. The van der Waals surface area contributed by atoms with Gasteiger partial charge in [0.1, 0.15) is 10.8 Å². The van der Waals surface area contributed by atoms with Crippen molar-refractivity contribution in [3.05, 3.63) is 63.8 Å². The molecule has 2 aromatic carbocycles. The lowest BCUT2D eigenvalue weighted by molar-refractivity contribution is -0.145. The quantitative estimate of drug-likeness (QED) is 0.241. The Morgan fingerprint density at radius 3 is 2.46 bits per heavy atom. The van der Waals surface area contributed by atoms with Crippen LogP contribution in [0.5, 0.6) is 5.75 Å². The Balaban J connectivity index is 1.56. The van der Waals surface area contributed by atoms with Crippen molar-refractivity contribution >= 4 is 28.3 Å². The highest BCUT2D eigenvalue weighted by atomic mass is 32.1. The van der Waals surface area contributed by atoms with Gasteiger partial charge in [-0.05, 0) is 55.9 Å². The molecule has 0 saturated heterocycles. The average Bonchev–Trinajstić information content (AvgIpc) is 3.44. The predicted octanol–water partition coefficient (Wildman–Crippen LogP) is 7.43. The van der Waals surface area contributed by atoms with Crippen molar-refractivity contribution < 1.29 is 32.3 Å². The van der Waals surface area contributed by atoms with Gasteiger partial charge in [-0.3, -0.25) is 0 Å². The van der Waals surface area contributed by atoms with Crippen LogP contribution in [0, 0.1) is 6.92 Å². The summed E-state index contributed by atoms with van der Waals surface area (Å²) in [7, 11) is 0. The van der Waals surface area contributed by atoms with Gasteiger partial charge in [0.05, 0.1) is 17.0 Å². The molecule has 0 bridgehead atoms. The second-order valence-electron chi connectivity index (χ2n) is 9.15. The van der Waals surface area contributed by atoms with Gasteiger partial charge in [-0.25, -0.2) is 9.78 Å². The van der Waals surface area contributed by atoms with Gasteiger partial charge >= 0.3 is 12.1 Å². The molecular weight excluding hydrogens is 505 g/mol. The largest absolute Gasteiger partial charge is 0.479 e. The van der Waals surface area contributed by atoms with E-state index >= 15 is 0 Å². The molecule has 1 atom stereocenters. The van der Waals surface area contributed by atoms with Gasteiger partial charge in [-0.1, -0.05) is 38.1 Å². The summed E-state index contributed by atoms with van der Waals surface area (Å²) in [4.78, 5) is 17.1. The minimum Gasteiger partial charge on any atom is -0.479 e. The maximum absolute atomic E-state index is 12.9. The summed E-state index contributed by atoms with van der Waals surface area (Å²) < 4.78 is 50.0. The fraction of sp³-hybridized carbons (Fsp3) is 0.370. The van der Waals surface area contributed by atoms with Crippen LogP contribution in [0.15, 0.2) is 40.9 Å². The van der Waals surface area contributed by atoms with E-state index < -0.39 is 23.8 Å². The van der Waals surface area contributed by atoms with Crippen LogP contribution < -0.4 is 4.74 Å². The lowest BCUT2D eigenvalue weighted by Crippen LogP contribution is -2.26. The molecule has 0 fully saturated rings. The number of fused-ring (bicyclic) bond motifs is 1. The zero-order chi connectivity index (χ0) is 26.9. The Morgan fingerprint density at radius 2 is 1.86 bits per heavy atom. The predicted molar refractivity (Wildman–Crippen MR) is 135 cm³/mol. The zero-order valence-corrected chi connectivity index (χ0v) is 21.7. The molecule has 0 radical (unpaired) electrons. The van der Waals surface area contributed by atoms with Crippen LogP contribution in [-0.2, 0) is 23.8 Å². The smallest absolute Gasteiger partial charge is 0.416 e. The molecule has 6 nitrogen and oxygen atoms in total. The second-order valence-corrected chi connectivity index (χ2v) is 10.2. The van der Waals surface area contributed by atoms with Gasteiger partial charge in [-0.15, -0.1) is 11.3 Å². The van der Waals surface area contributed by atoms with E-state index in [4.69, 9.17) is 14.2 Å². The topological polar surface area (TPSA) is 85.5 Å². The van der Waals surface area contributed by atoms with Gasteiger partial charge in [-0.2, -0.15) is 13.2 Å². The van der Waals surface area contributed by atoms with E-state index in [9.17, 15) is 23.1 Å². The number of thiazole rings is 1. The maximum Gasteiger partial charge on any atom is 0.416 e. The highest BCUT2D eigenvalue weighted by molar-refractivity contribution is 7.15. The first-order valence-electron chi connectivity index (χ1n) is 11.9. The number of carbonyl (C=O) groups is 1. The number of hydrogen-bond acceptors (Lipinski definition) is 6. The molecule has 0 aliphatic rings. The van der Waals surface area contributed by atoms with Crippen molar-refractivity contribution in [3.8, 4) is 16.3 Å². The number of aliphatic carboxylic acids is 1. The first-order chi connectivity index (χ1) is 17.5. The van der Waals surface area contributed by atoms with Crippen LogP contribution in [0.3, 0.4) is 0 Å². The number of carboxylic acids is 1. The van der Waals surface area contributed by atoms with Gasteiger partial charge in [0.15, 0.2) is 11.7 Å². The Morgan fingerprint density at radius 1 is 1.16 bits per heavy atom. The van der Waals surface area contributed by atoms with Crippen LogP contribution in [-0.4, -0.2) is 27.3 Å². The Labute approximate surface area is 216 Å². The summed E-state index contributed by atoms with van der Waals surface area (Å²) >= 11 is 1.47. The zero-order valence-electron chi connectivity index (χ0n) is 20.8. The summed E-state index contributed by atoms with van der Waals surface area (Å²) in [5.41, 5.74) is 2.92. The normalized spacial score (nSPS) is 12.9. The summed E-state index contributed by atoms with van der Waals surface area (Å²) in [5.74, 6) is -0.442. The number of aryl methyl sites for hydroxylation is 3. The standard InChI is InChI=1S/C27H27F3N2O4S/c1-5-20(26(33)34)35-21-13-22-18(12-15(21)4)19(32-36-22)10-11-23-24(14(2)3)31-25(37-23)16-6-8-17(9-7-16)27(28,29)30/h6-9,12-14,20H,5,10-11H2,1-4H3,(H,33,34). The number of alkyl halides is 3. The van der Waals surface area contributed by atoms with Gasteiger partial charge < -0.3 is 14.4 Å². The molecule has 2 heterocycles. The van der Waals surface area contributed by atoms with Crippen LogP contribution in [0.4, 0.5) is 13.2 Å². The minimum atomic E-state index is -4.38. The lowest BCUT2D eigenvalue weighted by Gasteiger charge is -2.14. The van der Waals surface area contributed by atoms with Crippen molar-refractivity contribution in [2.75, 3.05) is 0 Å². The lowest BCUT2D eigenvalue weighted by atomic mass is 10.0. The molecule has 2 aromatic heterocycles. The van der Waals surface area contributed by atoms with Gasteiger partial charge in [0, 0.05) is 21.9 Å². The van der Waals surface area contributed by atoms with Gasteiger partial charge in [0.2, 0.25) is 0 Å². The Hall–Kier alpha value is -3.40. The maximum atomic E-state index is 12.9. The molecule has 10 heteroatoms. The van der Waals surface area contributed by atoms with Crippen LogP contribution in [0.2, 0.25) is 0 Å². The first kappa shape index (κ1) is 26.7. The number of halogens is 3. The van der Waals surface area contributed by atoms with E-state index in [-0.39, 0.29) is 5.92 Å². The number of nitrogens with zero attached hydrogens (tertiary/aromatic N) is 2. The third-order valence-electron chi connectivity index (χ3n) is 6.08. The van der Waals surface area contributed by atoms with E-state index in [0.717, 1.165) is 39.3 Å². The number of benzene rings is 2. The van der Waals surface area contributed by atoms with Crippen LogP contribution in [0.25, 0.3) is 21.5 Å². The third kappa shape index (κ3) is 5.79. The van der Waals surface area contributed by atoms with E-state index in [1.54, 1.807) is 13.0 Å². The summed E-state index contributed by atoms with van der Waals surface area (Å²) in [6.07, 6.45) is -3.78. The van der Waals surface area contributed by atoms with Crippen molar-refractivity contribution in [2.45, 2.75) is 65.2 Å². The summed E-state index contributed by atoms with van der Waals surface area (Å²) in [5, 5.41) is 15.0. The molecule has 4 aromatic rings. The number of rotatable bonds is 9. The van der Waals surface area contributed by atoms with Crippen LogP contribution in [0.1, 0.15) is 60.5 Å². The molecule has 1 N–H and O–H groups in total. The molecule has 0 spiro atoms. The number of aromatic nitrogens is 2. The molecule has 1 unspecified atom stereocenters. The van der Waals surface area contributed by atoms with Crippen molar-refractivity contribution in [1.29, 1.82) is 0 Å². The average molecular weight is 533 g/mol. The van der Waals surface area contributed by atoms with E-state index in [2.05, 4.69) is 5.16 Å². The van der Waals surface area contributed by atoms with Crippen molar-refractivity contribution in [1.82, 2.24) is 10.1 Å². The van der Waals surface area contributed by atoms with Crippen LogP contribution >= 0.6 is 11.3 Å². The number of carboxylic acid groups (broad SMARTS) is 1. The summed E-state index contributed by atoms with van der Waals surface area (Å²) in [6, 6.07) is 8.61. The minimum absolute atomic E-state index is 0.145. The van der Waals surface area contributed by atoms with E-state index in [0.29, 0.717) is 41.2 Å². The first-order valence-corrected chi connectivity index (χ1v) is 12.7. The fourth-order valence-corrected chi connectivity index (χ4v) is 5.27. The third-order valence-corrected chi connectivity index (χ3v) is 7.26. The monoisotopic (exact) mass is 532 g/mol. The van der Waals surface area contributed by atoms with Gasteiger partial charge in [0.25, 0.3) is 0 Å². The fourth-order valence-electron chi connectivity index (χ4n) is 4.04. The molecule has 196 valence electrons. The molecule has 0 amide bonds. The Kier molecular flexibility index (Phi) is 7.59. The van der Waals surface area contributed by atoms with E-state index in [1.165, 1.54) is 23.5 Å². The van der Waals surface area contributed by atoms with Crippen molar-refractivity contribution in [3.63, 3.8) is 0 Å². The molecule has 37 heavy (non-hydrogen) atoms. The summed E-state index contributed by atoms with van der Waals surface area (Å²) in [6.45, 7) is 7.65. The molecule has 0 aliphatic carbocycles. The number of ether oxygens (including phenoxy) is 1. The number of hydrogen-bond donors (Lipinski definition) is 1. The molecule has 0 saturated carbocycles. The highest BCUT2D eigenvalue weighted by Gasteiger charge is 2.30. The molecule has 4 rings (SSSR count). The van der Waals surface area contributed by atoms with E-state index in [1.807, 2.05) is 26.8 Å².